The SMILES string of the molecule is COCCN(Cc1nccs1)C(=O)c1csc(-c2cccs2)n1. The van der Waals surface area contributed by atoms with E-state index in [1.54, 1.807) is 29.5 Å². The molecule has 1 amide bonds. The van der Waals surface area contributed by atoms with Crippen LogP contribution in [0.2, 0.25) is 0 Å². The summed E-state index contributed by atoms with van der Waals surface area (Å²) < 4.78 is 5.11. The molecule has 0 atom stereocenters. The third kappa shape index (κ3) is 4.03. The lowest BCUT2D eigenvalue weighted by molar-refractivity contribution is 0.0675. The van der Waals surface area contributed by atoms with Crippen molar-refractivity contribution < 1.29 is 9.53 Å². The van der Waals surface area contributed by atoms with Gasteiger partial charge < -0.3 is 9.64 Å². The second-order valence-corrected chi connectivity index (χ2v) is 7.45. The van der Waals surface area contributed by atoms with Crippen LogP contribution in [0.5, 0.6) is 0 Å². The summed E-state index contributed by atoms with van der Waals surface area (Å²) in [5.74, 6) is -0.0868. The molecule has 0 fully saturated rings. The molecule has 0 bridgehead atoms. The Hall–Kier alpha value is -1.61. The average molecular weight is 366 g/mol. The molecule has 0 aliphatic heterocycles. The van der Waals surface area contributed by atoms with Crippen LogP contribution in [0.4, 0.5) is 0 Å². The van der Waals surface area contributed by atoms with Gasteiger partial charge in [-0.15, -0.1) is 34.0 Å². The molecule has 5 nitrogen and oxygen atoms in total. The number of carbonyl (C=O) groups is 1. The molecule has 3 aromatic rings. The van der Waals surface area contributed by atoms with Crippen LogP contribution in [0.1, 0.15) is 15.5 Å². The van der Waals surface area contributed by atoms with Crippen LogP contribution in [-0.2, 0) is 11.3 Å². The lowest BCUT2D eigenvalue weighted by Crippen LogP contribution is -2.33. The van der Waals surface area contributed by atoms with E-state index >= 15 is 0 Å². The first kappa shape index (κ1) is 16.3. The molecular weight excluding hydrogens is 350 g/mol. The van der Waals surface area contributed by atoms with Gasteiger partial charge in [-0.05, 0) is 11.4 Å². The van der Waals surface area contributed by atoms with Crippen molar-refractivity contribution in [3.8, 4) is 9.88 Å². The van der Waals surface area contributed by atoms with Gasteiger partial charge in [-0.3, -0.25) is 4.79 Å². The molecule has 120 valence electrons. The molecule has 3 heterocycles. The maximum atomic E-state index is 12.8. The third-order valence-corrected chi connectivity index (χ3v) is 5.76. The number of hydrogen-bond donors (Lipinski definition) is 0. The van der Waals surface area contributed by atoms with Crippen LogP contribution in [-0.4, -0.2) is 41.0 Å². The number of methoxy groups -OCH3 is 1. The summed E-state index contributed by atoms with van der Waals surface area (Å²) in [6, 6.07) is 3.99. The summed E-state index contributed by atoms with van der Waals surface area (Å²) in [6.45, 7) is 1.48. The first-order valence-corrected chi connectivity index (χ1v) is 9.58. The van der Waals surface area contributed by atoms with Gasteiger partial charge in [0.15, 0.2) is 0 Å². The predicted molar refractivity (Wildman–Crippen MR) is 94.2 cm³/mol. The summed E-state index contributed by atoms with van der Waals surface area (Å²) in [6.07, 6.45) is 1.75. The molecule has 0 aromatic carbocycles. The van der Waals surface area contributed by atoms with Gasteiger partial charge in [0.05, 0.1) is 18.0 Å². The Labute approximate surface area is 146 Å². The molecule has 0 aliphatic rings. The molecule has 0 spiro atoms. The van der Waals surface area contributed by atoms with Gasteiger partial charge in [-0.2, -0.15) is 0 Å². The van der Waals surface area contributed by atoms with Crippen LogP contribution in [0.15, 0.2) is 34.5 Å². The normalized spacial score (nSPS) is 10.8. The Morgan fingerprint density at radius 2 is 2.22 bits per heavy atom. The van der Waals surface area contributed by atoms with E-state index < -0.39 is 0 Å². The first-order chi connectivity index (χ1) is 11.3. The zero-order chi connectivity index (χ0) is 16.1. The monoisotopic (exact) mass is 365 g/mol. The summed E-state index contributed by atoms with van der Waals surface area (Å²) in [7, 11) is 1.63. The van der Waals surface area contributed by atoms with Gasteiger partial charge in [0.25, 0.3) is 5.91 Å². The Morgan fingerprint density at radius 3 is 2.91 bits per heavy atom. The van der Waals surface area contributed by atoms with Crippen LogP contribution < -0.4 is 0 Å². The van der Waals surface area contributed by atoms with E-state index in [-0.39, 0.29) is 5.91 Å². The molecule has 0 N–H and O–H groups in total. The first-order valence-electron chi connectivity index (χ1n) is 6.94. The van der Waals surface area contributed by atoms with E-state index in [2.05, 4.69) is 9.97 Å². The van der Waals surface area contributed by atoms with Crippen LogP contribution in [0.25, 0.3) is 9.88 Å². The summed E-state index contributed by atoms with van der Waals surface area (Å²) in [5, 5.41) is 7.52. The van der Waals surface area contributed by atoms with Gasteiger partial charge in [0.2, 0.25) is 0 Å². The lowest BCUT2D eigenvalue weighted by Gasteiger charge is -2.20. The Balaban J connectivity index is 1.77. The zero-order valence-corrected chi connectivity index (χ0v) is 14.9. The minimum atomic E-state index is -0.0868. The zero-order valence-electron chi connectivity index (χ0n) is 12.5. The van der Waals surface area contributed by atoms with E-state index in [1.165, 1.54) is 22.7 Å². The summed E-state index contributed by atoms with van der Waals surface area (Å²) in [4.78, 5) is 24.3. The molecule has 0 saturated carbocycles. The molecular formula is C15H15N3O2S3. The highest BCUT2D eigenvalue weighted by Crippen LogP contribution is 2.28. The molecule has 3 aromatic heterocycles. The van der Waals surface area contributed by atoms with Crippen LogP contribution in [0.3, 0.4) is 0 Å². The van der Waals surface area contributed by atoms with Crippen molar-refractivity contribution in [1.82, 2.24) is 14.9 Å². The largest absolute Gasteiger partial charge is 0.383 e. The van der Waals surface area contributed by atoms with Crippen LogP contribution >= 0.6 is 34.0 Å². The number of thiazole rings is 2. The fourth-order valence-electron chi connectivity index (χ4n) is 2.00. The van der Waals surface area contributed by atoms with Crippen molar-refractivity contribution >= 4 is 39.9 Å². The van der Waals surface area contributed by atoms with Gasteiger partial charge in [0, 0.05) is 30.6 Å². The van der Waals surface area contributed by atoms with E-state index in [9.17, 15) is 4.79 Å². The van der Waals surface area contributed by atoms with Crippen molar-refractivity contribution in [3.05, 3.63) is 45.2 Å². The molecule has 0 radical (unpaired) electrons. The number of nitrogens with zero attached hydrogens (tertiary/aromatic N) is 3. The Bertz CT molecular complexity index is 738. The van der Waals surface area contributed by atoms with Crippen molar-refractivity contribution in [2.75, 3.05) is 20.3 Å². The topological polar surface area (TPSA) is 55.3 Å². The van der Waals surface area contributed by atoms with Crippen molar-refractivity contribution in [2.24, 2.45) is 0 Å². The number of amides is 1. The van der Waals surface area contributed by atoms with E-state index in [4.69, 9.17) is 4.74 Å². The number of carbonyl (C=O) groups excluding carboxylic acids is 1. The fraction of sp³-hybridized carbons (Fsp3) is 0.267. The van der Waals surface area contributed by atoms with Crippen molar-refractivity contribution in [1.29, 1.82) is 0 Å². The summed E-state index contributed by atoms with van der Waals surface area (Å²) >= 11 is 4.65. The Kier molecular flexibility index (Phi) is 5.50. The predicted octanol–water partition coefficient (Wildman–Crippen LogP) is 3.62. The molecule has 8 heteroatoms. The molecule has 0 aliphatic carbocycles. The van der Waals surface area contributed by atoms with Crippen molar-refractivity contribution in [3.63, 3.8) is 0 Å². The van der Waals surface area contributed by atoms with Gasteiger partial charge in [-0.25, -0.2) is 9.97 Å². The smallest absolute Gasteiger partial charge is 0.273 e. The maximum absolute atomic E-state index is 12.8. The lowest BCUT2D eigenvalue weighted by atomic mass is 10.3. The van der Waals surface area contributed by atoms with Gasteiger partial charge in [0.1, 0.15) is 15.7 Å². The van der Waals surface area contributed by atoms with E-state index in [1.807, 2.05) is 28.3 Å². The quantitative estimate of drug-likeness (QED) is 0.642. The number of aromatic nitrogens is 2. The van der Waals surface area contributed by atoms with Gasteiger partial charge >= 0.3 is 0 Å². The van der Waals surface area contributed by atoms with E-state index in [0.717, 1.165) is 14.9 Å². The maximum Gasteiger partial charge on any atom is 0.273 e. The number of rotatable bonds is 7. The van der Waals surface area contributed by atoms with Crippen LogP contribution in [0, 0.1) is 0 Å². The minimum absolute atomic E-state index is 0.0868. The minimum Gasteiger partial charge on any atom is -0.383 e. The standard InChI is InChI=1S/C15H15N3O2S3/c1-20-6-5-18(9-13-16-4-8-22-13)15(19)11-10-23-14(17-11)12-3-2-7-21-12/h2-4,7-8,10H,5-6,9H2,1H3. The molecule has 0 saturated heterocycles. The Morgan fingerprint density at radius 1 is 1.30 bits per heavy atom. The molecule has 3 rings (SSSR count). The fourth-order valence-corrected chi connectivity index (χ4v) is 4.23. The average Bonchev–Trinajstić information content (AvgIpc) is 3.32. The molecule has 23 heavy (non-hydrogen) atoms. The van der Waals surface area contributed by atoms with Gasteiger partial charge in [-0.1, -0.05) is 6.07 Å². The highest BCUT2D eigenvalue weighted by atomic mass is 32.1. The number of hydrogen-bond acceptors (Lipinski definition) is 7. The van der Waals surface area contributed by atoms with Crippen molar-refractivity contribution in [2.45, 2.75) is 6.54 Å². The highest BCUT2D eigenvalue weighted by molar-refractivity contribution is 7.20. The molecule has 0 unspecified atom stereocenters. The second kappa shape index (κ2) is 7.78. The number of ether oxygens (including phenoxy) is 1. The summed E-state index contributed by atoms with van der Waals surface area (Å²) in [5.41, 5.74) is 0.478. The third-order valence-electron chi connectivity index (χ3n) is 3.12. The highest BCUT2D eigenvalue weighted by Gasteiger charge is 2.20. The van der Waals surface area contributed by atoms with E-state index in [0.29, 0.717) is 25.4 Å². The number of thiophene rings is 1. The second-order valence-electron chi connectivity index (χ2n) is 4.66.